The summed E-state index contributed by atoms with van der Waals surface area (Å²) in [4.78, 5) is 0. The van der Waals surface area contributed by atoms with E-state index >= 15 is 0 Å². The average molecular weight is 248 g/mol. The van der Waals surface area contributed by atoms with Gasteiger partial charge in [0, 0.05) is 18.1 Å². The number of aryl methyl sites for hydroxylation is 3. The Morgan fingerprint density at radius 3 is 2.06 bits per heavy atom. The van der Waals surface area contributed by atoms with Crippen LogP contribution in [0.4, 0.5) is 0 Å². The third-order valence-electron chi connectivity index (χ3n) is 3.57. The molecule has 1 aromatic rings. The van der Waals surface area contributed by atoms with Crippen molar-refractivity contribution in [3.8, 4) is 0 Å². The van der Waals surface area contributed by atoms with Crippen molar-refractivity contribution in [2.24, 2.45) is 0 Å². The van der Waals surface area contributed by atoms with Crippen LogP contribution in [0.1, 0.15) is 70.4 Å². The molecule has 0 spiro atoms. The van der Waals surface area contributed by atoms with Gasteiger partial charge >= 0.3 is 0 Å². The summed E-state index contributed by atoms with van der Waals surface area (Å²) in [6, 6.07) is 2.36. The molecule has 1 rings (SSSR count). The number of pyridine rings is 1. The summed E-state index contributed by atoms with van der Waals surface area (Å²) in [6.07, 6.45) is 14.9. The zero-order valence-electron chi connectivity index (χ0n) is 12.5. The molecule has 1 heterocycles. The van der Waals surface area contributed by atoms with Gasteiger partial charge in [0.2, 0.25) is 0 Å². The molecule has 0 atom stereocenters. The van der Waals surface area contributed by atoms with Crippen molar-refractivity contribution in [1.82, 2.24) is 0 Å². The normalized spacial score (nSPS) is 10.8. The smallest absolute Gasteiger partial charge is 0.172 e. The quantitative estimate of drug-likeness (QED) is 0.568. The van der Waals surface area contributed by atoms with E-state index in [2.05, 4.69) is 43.8 Å². The van der Waals surface area contributed by atoms with Gasteiger partial charge in [-0.25, -0.2) is 4.57 Å². The molecule has 102 valence electrons. The van der Waals surface area contributed by atoms with Crippen LogP contribution < -0.4 is 4.57 Å². The zero-order valence-corrected chi connectivity index (χ0v) is 12.5. The summed E-state index contributed by atoms with van der Waals surface area (Å²) in [5.74, 6) is 0. The van der Waals surface area contributed by atoms with Crippen molar-refractivity contribution in [2.45, 2.75) is 78.7 Å². The SMILES string of the molecule is CCCCc1cc[n+](CCCC)cc1CCCC. The maximum absolute atomic E-state index is 2.40. The molecule has 0 bridgehead atoms. The number of aromatic nitrogens is 1. The van der Waals surface area contributed by atoms with Crippen molar-refractivity contribution >= 4 is 0 Å². The lowest BCUT2D eigenvalue weighted by atomic mass is 10.00. The van der Waals surface area contributed by atoms with E-state index < -0.39 is 0 Å². The van der Waals surface area contributed by atoms with Gasteiger partial charge in [0.25, 0.3) is 0 Å². The van der Waals surface area contributed by atoms with E-state index in [1.807, 2.05) is 0 Å². The number of hydrogen-bond acceptors (Lipinski definition) is 0. The number of nitrogens with zero attached hydrogens (tertiary/aromatic N) is 1. The minimum absolute atomic E-state index is 1.17. The highest BCUT2D eigenvalue weighted by Crippen LogP contribution is 2.13. The molecule has 0 aliphatic carbocycles. The molecule has 1 aromatic heterocycles. The number of unbranched alkanes of at least 4 members (excludes halogenated alkanes) is 3. The molecule has 0 aliphatic rings. The molecule has 0 unspecified atom stereocenters. The van der Waals surface area contributed by atoms with E-state index in [1.165, 1.54) is 57.9 Å². The summed E-state index contributed by atoms with van der Waals surface area (Å²) in [7, 11) is 0. The Kier molecular flexibility index (Phi) is 7.71. The van der Waals surface area contributed by atoms with Gasteiger partial charge in [-0.3, -0.25) is 0 Å². The summed E-state index contributed by atoms with van der Waals surface area (Å²) in [5.41, 5.74) is 3.17. The van der Waals surface area contributed by atoms with Crippen molar-refractivity contribution in [3.63, 3.8) is 0 Å². The van der Waals surface area contributed by atoms with Crippen LogP contribution in [0.3, 0.4) is 0 Å². The Morgan fingerprint density at radius 1 is 0.833 bits per heavy atom. The van der Waals surface area contributed by atoms with Gasteiger partial charge < -0.3 is 0 Å². The molecule has 0 amide bonds. The maximum atomic E-state index is 2.40. The summed E-state index contributed by atoms with van der Waals surface area (Å²) < 4.78 is 2.38. The second-order valence-corrected chi connectivity index (χ2v) is 5.29. The Morgan fingerprint density at radius 2 is 1.44 bits per heavy atom. The molecule has 0 aromatic carbocycles. The van der Waals surface area contributed by atoms with Crippen molar-refractivity contribution in [3.05, 3.63) is 29.6 Å². The first kappa shape index (κ1) is 15.2. The molecule has 1 nitrogen and oxygen atoms in total. The Bertz CT molecular complexity index is 330. The molecular weight excluding hydrogens is 218 g/mol. The standard InChI is InChI=1S/C17H30N/c1-4-7-10-16-12-14-18(13-9-6-3)15-17(16)11-8-5-2/h12,14-15H,4-11,13H2,1-3H3/q+1. The highest BCUT2D eigenvalue weighted by Gasteiger charge is 2.08. The first-order valence-corrected chi connectivity index (χ1v) is 7.82. The van der Waals surface area contributed by atoms with E-state index in [0.29, 0.717) is 0 Å². The van der Waals surface area contributed by atoms with Gasteiger partial charge in [-0.15, -0.1) is 0 Å². The lowest BCUT2D eigenvalue weighted by Crippen LogP contribution is -2.33. The fourth-order valence-electron chi connectivity index (χ4n) is 2.30. The predicted octanol–water partition coefficient (Wildman–Crippen LogP) is 4.46. The van der Waals surface area contributed by atoms with Gasteiger partial charge in [-0.05, 0) is 31.2 Å². The first-order valence-electron chi connectivity index (χ1n) is 7.82. The lowest BCUT2D eigenvalue weighted by molar-refractivity contribution is -0.697. The van der Waals surface area contributed by atoms with E-state index in [1.54, 1.807) is 11.1 Å². The second kappa shape index (κ2) is 9.13. The molecular formula is C17H30N+. The summed E-state index contributed by atoms with van der Waals surface area (Å²) in [5, 5.41) is 0. The molecule has 0 aliphatic heterocycles. The topological polar surface area (TPSA) is 3.88 Å². The van der Waals surface area contributed by atoms with Crippen molar-refractivity contribution < 1.29 is 4.57 Å². The van der Waals surface area contributed by atoms with Crippen LogP contribution in [0.15, 0.2) is 18.5 Å². The Hall–Kier alpha value is -0.850. The largest absolute Gasteiger partial charge is 0.205 e. The van der Waals surface area contributed by atoms with E-state index in [4.69, 9.17) is 0 Å². The summed E-state index contributed by atoms with van der Waals surface area (Å²) in [6.45, 7) is 7.98. The lowest BCUT2D eigenvalue weighted by Gasteiger charge is -2.08. The van der Waals surface area contributed by atoms with Gasteiger partial charge in [-0.1, -0.05) is 40.0 Å². The molecule has 1 heteroatoms. The van der Waals surface area contributed by atoms with E-state index in [9.17, 15) is 0 Å². The predicted molar refractivity (Wildman–Crippen MR) is 78.8 cm³/mol. The summed E-state index contributed by atoms with van der Waals surface area (Å²) >= 11 is 0. The molecule has 0 radical (unpaired) electrons. The fourth-order valence-corrected chi connectivity index (χ4v) is 2.30. The van der Waals surface area contributed by atoms with Crippen LogP contribution in [0.5, 0.6) is 0 Å². The van der Waals surface area contributed by atoms with E-state index in [-0.39, 0.29) is 0 Å². The van der Waals surface area contributed by atoms with Gasteiger partial charge in [0.15, 0.2) is 12.4 Å². The minimum atomic E-state index is 1.17. The van der Waals surface area contributed by atoms with Crippen LogP contribution in [0.2, 0.25) is 0 Å². The average Bonchev–Trinajstić information content (AvgIpc) is 2.41. The van der Waals surface area contributed by atoms with Crippen LogP contribution in [0, 0.1) is 0 Å². The Labute approximate surface area is 113 Å². The van der Waals surface area contributed by atoms with Crippen LogP contribution >= 0.6 is 0 Å². The molecule has 0 fully saturated rings. The van der Waals surface area contributed by atoms with Crippen LogP contribution in [0.25, 0.3) is 0 Å². The first-order chi connectivity index (χ1) is 8.81. The number of hydrogen-bond donors (Lipinski definition) is 0. The fraction of sp³-hybridized carbons (Fsp3) is 0.706. The minimum Gasteiger partial charge on any atom is -0.205 e. The van der Waals surface area contributed by atoms with Crippen LogP contribution in [-0.4, -0.2) is 0 Å². The molecule has 18 heavy (non-hydrogen) atoms. The van der Waals surface area contributed by atoms with Gasteiger partial charge in [-0.2, -0.15) is 0 Å². The van der Waals surface area contributed by atoms with Crippen LogP contribution in [-0.2, 0) is 19.4 Å². The third kappa shape index (κ3) is 5.20. The van der Waals surface area contributed by atoms with Crippen molar-refractivity contribution in [2.75, 3.05) is 0 Å². The Balaban J connectivity index is 2.74. The van der Waals surface area contributed by atoms with E-state index in [0.717, 1.165) is 0 Å². The maximum Gasteiger partial charge on any atom is 0.172 e. The second-order valence-electron chi connectivity index (χ2n) is 5.29. The number of rotatable bonds is 9. The third-order valence-corrected chi connectivity index (χ3v) is 3.57. The highest BCUT2D eigenvalue weighted by molar-refractivity contribution is 5.21. The van der Waals surface area contributed by atoms with Gasteiger partial charge in [0.05, 0.1) is 0 Å². The van der Waals surface area contributed by atoms with Crippen molar-refractivity contribution in [1.29, 1.82) is 0 Å². The monoisotopic (exact) mass is 248 g/mol. The molecule has 0 N–H and O–H groups in total. The highest BCUT2D eigenvalue weighted by atomic mass is 14.9. The zero-order chi connectivity index (χ0) is 13.2. The molecule has 0 saturated carbocycles. The van der Waals surface area contributed by atoms with Gasteiger partial charge in [0.1, 0.15) is 6.54 Å². The molecule has 0 saturated heterocycles.